The number of hydrogen-bond acceptors (Lipinski definition) is 4. The van der Waals surface area contributed by atoms with Gasteiger partial charge >= 0.3 is 6.09 Å². The number of carbonyl (C=O) groups excluding carboxylic acids is 2. The molecule has 0 aromatic heterocycles. The van der Waals surface area contributed by atoms with Crippen LogP contribution in [0.15, 0.2) is 18.2 Å². The van der Waals surface area contributed by atoms with Gasteiger partial charge in [-0.3, -0.25) is 10.1 Å². The fourth-order valence-corrected chi connectivity index (χ4v) is 1.65. The molecule has 1 atom stereocenters. The first-order valence-electron chi connectivity index (χ1n) is 4.46. The van der Waals surface area contributed by atoms with E-state index in [1.165, 1.54) is 13.2 Å². The minimum absolute atomic E-state index is 0.429. The summed E-state index contributed by atoms with van der Waals surface area (Å²) in [5.41, 5.74) is 0.429. The molecule has 5 nitrogen and oxygen atoms in total. The van der Waals surface area contributed by atoms with E-state index in [1.54, 1.807) is 12.1 Å². The van der Waals surface area contributed by atoms with Crippen LogP contribution >= 0.6 is 11.6 Å². The van der Waals surface area contributed by atoms with Crippen molar-refractivity contribution < 1.29 is 19.1 Å². The Labute approximate surface area is 96.3 Å². The summed E-state index contributed by atoms with van der Waals surface area (Å²) in [5.74, 6) is -0.0789. The van der Waals surface area contributed by atoms with E-state index >= 15 is 0 Å². The first-order chi connectivity index (χ1) is 7.61. The van der Waals surface area contributed by atoms with E-state index in [9.17, 15) is 9.59 Å². The number of ether oxygens (including phenoxy) is 2. The lowest BCUT2D eigenvalue weighted by atomic mass is 10.1. The molecule has 0 bridgehead atoms. The van der Waals surface area contributed by atoms with Crippen molar-refractivity contribution in [2.24, 2.45) is 0 Å². The zero-order chi connectivity index (χ0) is 11.7. The van der Waals surface area contributed by atoms with Crippen molar-refractivity contribution in [1.82, 2.24) is 5.32 Å². The lowest BCUT2D eigenvalue weighted by Crippen LogP contribution is -2.20. The highest BCUT2D eigenvalue weighted by molar-refractivity contribution is 6.30. The number of benzene rings is 1. The zero-order valence-corrected chi connectivity index (χ0v) is 9.08. The second-order valence-electron chi connectivity index (χ2n) is 3.16. The molecule has 6 heteroatoms. The number of alkyl carbamates (subject to hydrolysis) is 1. The molecule has 0 saturated carbocycles. The Bertz CT molecular complexity index is 460. The van der Waals surface area contributed by atoms with Gasteiger partial charge in [0.15, 0.2) is 0 Å². The van der Waals surface area contributed by atoms with E-state index < -0.39 is 18.1 Å². The van der Waals surface area contributed by atoms with Crippen LogP contribution in [-0.2, 0) is 9.53 Å². The van der Waals surface area contributed by atoms with Crippen LogP contribution in [-0.4, -0.2) is 19.1 Å². The van der Waals surface area contributed by atoms with Crippen molar-refractivity contribution in [2.75, 3.05) is 7.11 Å². The highest BCUT2D eigenvalue weighted by Gasteiger charge is 2.35. The summed E-state index contributed by atoms with van der Waals surface area (Å²) in [6, 6.07) is 4.76. The second kappa shape index (κ2) is 4.02. The minimum Gasteiger partial charge on any atom is -0.496 e. The van der Waals surface area contributed by atoms with E-state index in [0.29, 0.717) is 16.3 Å². The second-order valence-corrected chi connectivity index (χ2v) is 3.60. The summed E-state index contributed by atoms with van der Waals surface area (Å²) in [6.45, 7) is 0. The summed E-state index contributed by atoms with van der Waals surface area (Å²) >= 11 is 5.81. The minimum atomic E-state index is -0.999. The van der Waals surface area contributed by atoms with Crippen LogP contribution in [0.1, 0.15) is 11.7 Å². The van der Waals surface area contributed by atoms with Gasteiger partial charge in [0, 0.05) is 10.6 Å². The van der Waals surface area contributed by atoms with Crippen molar-refractivity contribution in [3.05, 3.63) is 28.8 Å². The van der Waals surface area contributed by atoms with Gasteiger partial charge in [-0.05, 0) is 18.2 Å². The molecule has 1 aliphatic heterocycles. The predicted molar refractivity (Wildman–Crippen MR) is 55.4 cm³/mol. The maximum atomic E-state index is 11.4. The number of cyclic esters (lactones) is 1. The van der Waals surface area contributed by atoms with Gasteiger partial charge in [-0.15, -0.1) is 0 Å². The van der Waals surface area contributed by atoms with Crippen LogP contribution in [0, 0.1) is 0 Å². The normalized spacial score (nSPS) is 19.2. The number of hydrogen-bond donors (Lipinski definition) is 1. The largest absolute Gasteiger partial charge is 0.496 e. The van der Waals surface area contributed by atoms with Crippen LogP contribution in [0.3, 0.4) is 0 Å². The van der Waals surface area contributed by atoms with Gasteiger partial charge in [-0.25, -0.2) is 4.79 Å². The van der Waals surface area contributed by atoms with Gasteiger partial charge in [-0.2, -0.15) is 0 Å². The zero-order valence-electron chi connectivity index (χ0n) is 8.32. The molecule has 1 aromatic rings. The Kier molecular flexibility index (Phi) is 2.70. The third-order valence-electron chi connectivity index (χ3n) is 2.16. The summed E-state index contributed by atoms with van der Waals surface area (Å²) in [7, 11) is 1.46. The predicted octanol–water partition coefficient (Wildman–Crippen LogP) is 1.66. The van der Waals surface area contributed by atoms with Gasteiger partial charge in [0.25, 0.3) is 5.91 Å². The van der Waals surface area contributed by atoms with Crippen molar-refractivity contribution in [2.45, 2.75) is 6.10 Å². The number of methoxy groups -OCH3 is 1. The molecule has 2 amide bonds. The summed E-state index contributed by atoms with van der Waals surface area (Å²) in [5, 5.41) is 2.47. The van der Waals surface area contributed by atoms with Gasteiger partial charge in [0.1, 0.15) is 5.75 Å². The molecular weight excluding hydrogens is 234 g/mol. The van der Waals surface area contributed by atoms with Crippen molar-refractivity contribution in [3.8, 4) is 5.75 Å². The number of halogens is 1. The Morgan fingerprint density at radius 3 is 2.75 bits per heavy atom. The molecule has 1 saturated heterocycles. The molecule has 16 heavy (non-hydrogen) atoms. The third-order valence-corrected chi connectivity index (χ3v) is 2.40. The molecule has 0 radical (unpaired) electrons. The van der Waals surface area contributed by atoms with E-state index in [2.05, 4.69) is 0 Å². The highest BCUT2D eigenvalue weighted by Crippen LogP contribution is 2.32. The van der Waals surface area contributed by atoms with E-state index in [1.807, 2.05) is 5.32 Å². The van der Waals surface area contributed by atoms with Crippen molar-refractivity contribution >= 4 is 23.6 Å². The maximum absolute atomic E-state index is 11.4. The molecule has 0 aliphatic carbocycles. The van der Waals surface area contributed by atoms with Crippen LogP contribution < -0.4 is 10.1 Å². The fourth-order valence-electron chi connectivity index (χ4n) is 1.47. The smallest absolute Gasteiger partial charge is 0.415 e. The topological polar surface area (TPSA) is 64.6 Å². The first kappa shape index (κ1) is 10.8. The monoisotopic (exact) mass is 241 g/mol. The quantitative estimate of drug-likeness (QED) is 0.855. The van der Waals surface area contributed by atoms with Crippen LogP contribution in [0.4, 0.5) is 4.79 Å². The molecule has 84 valence electrons. The van der Waals surface area contributed by atoms with Crippen LogP contribution in [0.5, 0.6) is 5.75 Å². The molecule has 1 fully saturated rings. The maximum Gasteiger partial charge on any atom is 0.415 e. The molecule has 2 rings (SSSR count). The Hall–Kier alpha value is -1.75. The molecule has 1 aromatic carbocycles. The molecule has 1 heterocycles. The molecule has 0 unspecified atom stereocenters. The third kappa shape index (κ3) is 1.81. The Morgan fingerprint density at radius 2 is 2.19 bits per heavy atom. The summed E-state index contributed by atoms with van der Waals surface area (Å²) in [4.78, 5) is 22.3. The van der Waals surface area contributed by atoms with Crippen molar-refractivity contribution in [3.63, 3.8) is 0 Å². The van der Waals surface area contributed by atoms with E-state index in [4.69, 9.17) is 21.1 Å². The van der Waals surface area contributed by atoms with Crippen LogP contribution in [0.2, 0.25) is 5.02 Å². The first-order valence-corrected chi connectivity index (χ1v) is 4.84. The summed E-state index contributed by atoms with van der Waals surface area (Å²) in [6.07, 6.45) is -1.77. The van der Waals surface area contributed by atoms with Gasteiger partial charge in [0.05, 0.1) is 7.11 Å². The number of imide groups is 1. The SMILES string of the molecule is COc1ccc(Cl)cc1[C@H]1OC(=O)NC1=O. The standard InChI is InChI=1S/C10H8ClNO4/c1-15-7-3-2-5(11)4-6(7)8-9(13)12-10(14)16-8/h2-4,8H,1H3,(H,12,13,14)/t8-/m1/s1. The van der Waals surface area contributed by atoms with E-state index in [0.717, 1.165) is 0 Å². The van der Waals surface area contributed by atoms with Gasteiger partial charge < -0.3 is 9.47 Å². The molecular formula is C10H8ClNO4. The highest BCUT2D eigenvalue weighted by atomic mass is 35.5. The van der Waals surface area contributed by atoms with Crippen LogP contribution in [0.25, 0.3) is 0 Å². The van der Waals surface area contributed by atoms with Crippen molar-refractivity contribution in [1.29, 1.82) is 0 Å². The number of amides is 2. The van der Waals surface area contributed by atoms with Gasteiger partial charge in [0.2, 0.25) is 6.10 Å². The molecule has 1 N–H and O–H groups in total. The number of nitrogens with one attached hydrogen (secondary N) is 1. The average Bonchev–Trinajstić information content (AvgIpc) is 2.57. The Balaban J connectivity index is 2.42. The Morgan fingerprint density at radius 1 is 1.44 bits per heavy atom. The fraction of sp³-hybridized carbons (Fsp3) is 0.200. The lowest BCUT2D eigenvalue weighted by molar-refractivity contribution is -0.123. The average molecular weight is 242 g/mol. The number of carbonyl (C=O) groups is 2. The lowest BCUT2D eigenvalue weighted by Gasteiger charge is -2.11. The number of rotatable bonds is 2. The molecule has 1 aliphatic rings. The summed E-state index contributed by atoms with van der Waals surface area (Å²) < 4.78 is 9.89. The van der Waals surface area contributed by atoms with Gasteiger partial charge in [-0.1, -0.05) is 11.6 Å². The van der Waals surface area contributed by atoms with E-state index in [-0.39, 0.29) is 0 Å². The molecule has 0 spiro atoms.